The van der Waals surface area contributed by atoms with Crippen molar-refractivity contribution in [1.29, 1.82) is 0 Å². The first-order valence-corrected chi connectivity index (χ1v) is 8.36. The van der Waals surface area contributed by atoms with Gasteiger partial charge in [0.2, 0.25) is 0 Å². The van der Waals surface area contributed by atoms with Crippen LogP contribution in [0, 0.1) is 23.3 Å². The fourth-order valence-electron chi connectivity index (χ4n) is 2.53. The van der Waals surface area contributed by atoms with Crippen LogP contribution in [0.1, 0.15) is 10.4 Å². The monoisotopic (exact) mass is 392 g/mol. The van der Waals surface area contributed by atoms with Gasteiger partial charge in [0.05, 0.1) is 16.8 Å². The zero-order chi connectivity index (χ0) is 19.1. The molecule has 27 heavy (non-hydrogen) atoms. The summed E-state index contributed by atoms with van der Waals surface area (Å²) in [5.41, 5.74) is -0.553. The molecule has 0 fully saturated rings. The molecule has 0 aliphatic rings. The smallest absolute Gasteiger partial charge is 0.261 e. The summed E-state index contributed by atoms with van der Waals surface area (Å²) in [4.78, 5) is 17.4. The summed E-state index contributed by atoms with van der Waals surface area (Å²) < 4.78 is 55.6. The maximum absolute atomic E-state index is 13.8. The van der Waals surface area contributed by atoms with Crippen molar-refractivity contribution >= 4 is 28.6 Å². The van der Waals surface area contributed by atoms with Crippen molar-refractivity contribution in [3.8, 4) is 10.6 Å². The van der Waals surface area contributed by atoms with E-state index in [0.29, 0.717) is 5.69 Å². The van der Waals surface area contributed by atoms with Crippen LogP contribution in [0.4, 0.5) is 23.2 Å². The van der Waals surface area contributed by atoms with Crippen LogP contribution >= 0.6 is 11.3 Å². The molecule has 136 valence electrons. The lowest BCUT2D eigenvalue weighted by molar-refractivity contribution is 0.102. The summed E-state index contributed by atoms with van der Waals surface area (Å²) >= 11 is 1.45. The molecular weight excluding hydrogens is 384 g/mol. The summed E-state index contributed by atoms with van der Waals surface area (Å²) in [6.45, 7) is 0. The summed E-state index contributed by atoms with van der Waals surface area (Å²) in [6, 6.07) is 5.44. The van der Waals surface area contributed by atoms with Gasteiger partial charge in [-0.05, 0) is 17.5 Å². The Morgan fingerprint density at radius 2 is 1.85 bits per heavy atom. The molecule has 4 aromatic rings. The summed E-state index contributed by atoms with van der Waals surface area (Å²) in [5.74, 6) is -7.66. The quantitative estimate of drug-likeness (QED) is 0.419. The molecule has 0 saturated carbocycles. The number of halogens is 4. The minimum atomic E-state index is -1.70. The van der Waals surface area contributed by atoms with E-state index in [0.717, 1.165) is 11.1 Å². The minimum Gasteiger partial charge on any atom is -0.317 e. The van der Waals surface area contributed by atoms with Gasteiger partial charge in [0.1, 0.15) is 11.3 Å². The van der Waals surface area contributed by atoms with E-state index in [1.165, 1.54) is 22.0 Å². The van der Waals surface area contributed by atoms with Crippen LogP contribution < -0.4 is 5.32 Å². The van der Waals surface area contributed by atoms with Crippen LogP contribution in [0.25, 0.3) is 16.2 Å². The highest BCUT2D eigenvalue weighted by Gasteiger charge is 2.23. The Kier molecular flexibility index (Phi) is 4.11. The fourth-order valence-corrected chi connectivity index (χ4v) is 3.26. The largest absolute Gasteiger partial charge is 0.317 e. The van der Waals surface area contributed by atoms with E-state index >= 15 is 0 Å². The minimum absolute atomic E-state index is 0.0600. The van der Waals surface area contributed by atoms with E-state index in [9.17, 15) is 22.4 Å². The molecule has 0 aliphatic carbocycles. The number of nitrogens with zero attached hydrogens (tertiary/aromatic N) is 3. The summed E-state index contributed by atoms with van der Waals surface area (Å²) in [6.07, 6.45) is 2.60. The lowest BCUT2D eigenvalue weighted by Gasteiger charge is -2.08. The molecule has 3 aromatic heterocycles. The Morgan fingerprint density at radius 1 is 1.11 bits per heavy atom. The third kappa shape index (κ3) is 2.83. The molecule has 0 bridgehead atoms. The van der Waals surface area contributed by atoms with Gasteiger partial charge in [0, 0.05) is 12.3 Å². The Hall–Kier alpha value is -3.27. The molecule has 0 unspecified atom stereocenters. The number of carbonyl (C=O) groups is 1. The number of rotatable bonds is 3. The standard InChI is InChI=1S/C17H8F4N4OS/c18-9-6-10(19)14(21)15(13(9)20)24-17(26)8-7-23-25-11(3-4-22-16(8)25)12-2-1-5-27-12/h1-7H,(H,24,26). The molecule has 0 atom stereocenters. The second-order valence-electron chi connectivity index (χ2n) is 5.40. The van der Waals surface area contributed by atoms with Gasteiger partial charge < -0.3 is 5.32 Å². The van der Waals surface area contributed by atoms with Crippen molar-refractivity contribution < 1.29 is 22.4 Å². The number of thiophene rings is 1. The molecule has 5 nitrogen and oxygen atoms in total. The average molecular weight is 392 g/mol. The topological polar surface area (TPSA) is 59.3 Å². The normalized spacial score (nSPS) is 11.1. The third-order valence-corrected chi connectivity index (χ3v) is 4.66. The summed E-state index contributed by atoms with van der Waals surface area (Å²) in [7, 11) is 0. The van der Waals surface area contributed by atoms with Crippen molar-refractivity contribution in [2.45, 2.75) is 0 Å². The number of hydrogen-bond acceptors (Lipinski definition) is 4. The van der Waals surface area contributed by atoms with Gasteiger partial charge >= 0.3 is 0 Å². The van der Waals surface area contributed by atoms with Crippen molar-refractivity contribution in [1.82, 2.24) is 14.6 Å². The van der Waals surface area contributed by atoms with Gasteiger partial charge in [0.15, 0.2) is 28.9 Å². The van der Waals surface area contributed by atoms with E-state index in [2.05, 4.69) is 10.1 Å². The van der Waals surface area contributed by atoms with Gasteiger partial charge in [-0.1, -0.05) is 6.07 Å². The number of nitrogens with one attached hydrogen (secondary N) is 1. The van der Waals surface area contributed by atoms with E-state index in [1.807, 2.05) is 22.8 Å². The Labute approximate surface area is 152 Å². The third-order valence-electron chi connectivity index (χ3n) is 3.77. The van der Waals surface area contributed by atoms with Crippen LogP contribution in [0.2, 0.25) is 0 Å². The second kappa shape index (κ2) is 6.47. The number of aromatic nitrogens is 3. The van der Waals surface area contributed by atoms with E-state index < -0.39 is 34.9 Å². The first-order valence-electron chi connectivity index (χ1n) is 7.48. The highest BCUT2D eigenvalue weighted by Crippen LogP contribution is 2.27. The lowest BCUT2D eigenvalue weighted by Crippen LogP contribution is -2.16. The predicted molar refractivity (Wildman–Crippen MR) is 90.5 cm³/mol. The second-order valence-corrected chi connectivity index (χ2v) is 6.35. The molecule has 0 spiro atoms. The first kappa shape index (κ1) is 17.2. The van der Waals surface area contributed by atoms with E-state index in [4.69, 9.17) is 0 Å². The molecule has 4 rings (SSSR count). The van der Waals surface area contributed by atoms with Crippen molar-refractivity contribution in [2.75, 3.05) is 5.32 Å². The molecule has 3 heterocycles. The Balaban J connectivity index is 1.76. The fraction of sp³-hybridized carbons (Fsp3) is 0. The van der Waals surface area contributed by atoms with Crippen LogP contribution in [0.5, 0.6) is 0 Å². The van der Waals surface area contributed by atoms with Crippen molar-refractivity contribution in [3.05, 3.63) is 70.9 Å². The van der Waals surface area contributed by atoms with Crippen LogP contribution in [0.3, 0.4) is 0 Å². The van der Waals surface area contributed by atoms with Gasteiger partial charge in [-0.15, -0.1) is 11.3 Å². The van der Waals surface area contributed by atoms with Gasteiger partial charge in [-0.3, -0.25) is 4.79 Å². The number of amides is 1. The maximum atomic E-state index is 13.8. The molecule has 1 aromatic carbocycles. The van der Waals surface area contributed by atoms with Gasteiger partial charge in [-0.25, -0.2) is 27.1 Å². The molecule has 1 N–H and O–H groups in total. The van der Waals surface area contributed by atoms with E-state index in [1.54, 1.807) is 6.07 Å². The van der Waals surface area contributed by atoms with Crippen LogP contribution in [-0.2, 0) is 0 Å². The highest BCUT2D eigenvalue weighted by molar-refractivity contribution is 7.13. The SMILES string of the molecule is O=C(Nc1c(F)c(F)cc(F)c1F)c1cnn2c(-c3cccs3)ccnc12. The molecule has 1 amide bonds. The molecule has 10 heteroatoms. The summed E-state index contributed by atoms with van der Waals surface area (Å²) in [5, 5.41) is 7.79. The van der Waals surface area contributed by atoms with Crippen LogP contribution in [0.15, 0.2) is 42.0 Å². The van der Waals surface area contributed by atoms with Crippen LogP contribution in [-0.4, -0.2) is 20.5 Å². The van der Waals surface area contributed by atoms with Gasteiger partial charge in [-0.2, -0.15) is 5.10 Å². The first-order chi connectivity index (χ1) is 13.0. The molecule has 0 saturated heterocycles. The number of carbonyl (C=O) groups excluding carboxylic acids is 1. The Morgan fingerprint density at radius 3 is 2.52 bits per heavy atom. The zero-order valence-electron chi connectivity index (χ0n) is 13.2. The lowest BCUT2D eigenvalue weighted by atomic mass is 10.2. The molecule has 0 radical (unpaired) electrons. The highest BCUT2D eigenvalue weighted by atomic mass is 32.1. The number of hydrogen-bond donors (Lipinski definition) is 1. The Bertz CT molecular complexity index is 1150. The number of benzene rings is 1. The van der Waals surface area contributed by atoms with E-state index in [-0.39, 0.29) is 17.3 Å². The van der Waals surface area contributed by atoms with Crippen molar-refractivity contribution in [3.63, 3.8) is 0 Å². The average Bonchev–Trinajstić information content (AvgIpc) is 3.32. The van der Waals surface area contributed by atoms with Gasteiger partial charge in [0.25, 0.3) is 5.91 Å². The number of anilines is 1. The number of fused-ring (bicyclic) bond motifs is 1. The molecular formula is C17H8F4N4OS. The maximum Gasteiger partial charge on any atom is 0.261 e. The van der Waals surface area contributed by atoms with Crippen molar-refractivity contribution in [2.24, 2.45) is 0 Å². The zero-order valence-corrected chi connectivity index (χ0v) is 14.0. The molecule has 0 aliphatic heterocycles. The predicted octanol–water partition coefficient (Wildman–Crippen LogP) is 4.27.